The zero-order valence-corrected chi connectivity index (χ0v) is 82.6. The van der Waals surface area contributed by atoms with Gasteiger partial charge >= 0.3 is 5.97 Å². The summed E-state index contributed by atoms with van der Waals surface area (Å²) in [6.45, 7) is 6.48. The quantitative estimate of drug-likeness (QED) is 0.0103. The van der Waals surface area contributed by atoms with Crippen LogP contribution < -0.4 is 94.0 Å². The van der Waals surface area contributed by atoms with E-state index in [4.69, 9.17) is 40.9 Å². The van der Waals surface area contributed by atoms with Crippen LogP contribution in [-0.4, -0.2) is 163 Å². The van der Waals surface area contributed by atoms with Gasteiger partial charge in [0.25, 0.3) is 17.7 Å². The van der Waals surface area contributed by atoms with Crippen molar-refractivity contribution in [2.45, 2.75) is 45.4 Å². The fourth-order valence-electron chi connectivity index (χ4n) is 19.6. The molecule has 756 valence electrons. The second-order valence-electron chi connectivity index (χ2n) is 36.2. The molecule has 4 aromatic heterocycles. The van der Waals surface area contributed by atoms with Gasteiger partial charge in [-0.15, -0.1) is 0 Å². The van der Waals surface area contributed by atoms with Crippen molar-refractivity contribution in [2.24, 2.45) is 35.0 Å². The van der Waals surface area contributed by atoms with Crippen LogP contribution in [0, 0.1) is 41.0 Å². The van der Waals surface area contributed by atoms with Crippen molar-refractivity contribution in [3.63, 3.8) is 0 Å². The topological polar surface area (TPSA) is 359 Å². The molecule has 147 heavy (non-hydrogen) atoms. The number of pyridine rings is 4. The van der Waals surface area contributed by atoms with Crippen molar-refractivity contribution >= 4 is 90.1 Å². The van der Waals surface area contributed by atoms with Gasteiger partial charge in [-0.3, -0.25) is 38.8 Å². The van der Waals surface area contributed by atoms with E-state index in [1.807, 2.05) is 233 Å². The predicted molar refractivity (Wildman–Crippen MR) is 568 cm³/mol. The maximum Gasteiger partial charge on any atom is 0.343 e. The van der Waals surface area contributed by atoms with Gasteiger partial charge in [-0.25, -0.2) is 27.8 Å². The van der Waals surface area contributed by atoms with Crippen LogP contribution in [0.3, 0.4) is 0 Å². The highest BCUT2D eigenvalue weighted by Gasteiger charge is 2.36. The van der Waals surface area contributed by atoms with Crippen molar-refractivity contribution in [3.8, 4) is 67.5 Å². The van der Waals surface area contributed by atoms with E-state index in [1.54, 1.807) is 25.3 Å². The fourth-order valence-corrected chi connectivity index (χ4v) is 19.6. The lowest BCUT2D eigenvalue weighted by Gasteiger charge is -2.25. The highest BCUT2D eigenvalue weighted by Crippen LogP contribution is 2.46. The minimum atomic E-state index is -0.973. The van der Waals surface area contributed by atoms with Crippen molar-refractivity contribution in [2.75, 3.05) is 136 Å². The molecule has 19 rings (SSSR count). The molecule has 3 saturated heterocycles. The number of hydrogen-bond donors (Lipinski definition) is 8. The Labute approximate surface area is 845 Å². The van der Waals surface area contributed by atoms with Gasteiger partial charge in [-0.1, -0.05) is 218 Å². The number of rotatable bonds is 27. The highest BCUT2D eigenvalue weighted by atomic mass is 19.1. The molecular weight excluding hydrogens is 1880 g/mol. The molecule has 3 amide bonds. The maximum atomic E-state index is 15.6. The molecule has 16 aromatic rings. The Morgan fingerprint density at radius 1 is 0.340 bits per heavy atom. The smallest absolute Gasteiger partial charge is 0.343 e. The first-order chi connectivity index (χ1) is 71.3. The van der Waals surface area contributed by atoms with Crippen LogP contribution in [-0.2, 0) is 30.9 Å². The number of nitrogens with one attached hydrogen (secondary N) is 4. The summed E-state index contributed by atoms with van der Waals surface area (Å²) in [4.78, 5) is 109. The number of hydroxylamine groups is 1. The Morgan fingerprint density at radius 3 is 0.823 bits per heavy atom. The lowest BCUT2D eigenvalue weighted by Crippen LogP contribution is -2.28. The Hall–Kier alpha value is -16.7. The number of ether oxygens (including phenoxy) is 5. The average Bonchev–Trinajstić information content (AvgIpc) is 1.61. The molecule has 0 spiro atoms. The van der Waals surface area contributed by atoms with E-state index in [-0.39, 0.29) is 102 Å². The second kappa shape index (κ2) is 46.4. The van der Waals surface area contributed by atoms with Crippen LogP contribution in [0.2, 0.25) is 0 Å². The summed E-state index contributed by atoms with van der Waals surface area (Å²) in [5.41, 5.74) is 31.2. The SMILES string of the molecule is CNC(=O)c1cn(Cc2ccc(-c3ccccc3)cc2)c2c(OC)c(N3CC[C@@H](CN)C3)c(F)cc2c1=O.CNC(=O)c1cn(Cc2ccc(-c3ccccc3)cc2)c2c(OC)c(NC)c(F)cc2c1=O.COC(=O)c1cn(Cc2ccc(-c3ccccc3)cc2)c2c(OC)c(N3CC[C@@H](CN)C3)c(F)cc2c1=O.COc1c(N2CC[C@@H](CN)C2)c(F)cc2c(=O)c(C(=O)NO)cn(Cc3ccc(-c4ccccc4)cc3)c12. The summed E-state index contributed by atoms with van der Waals surface area (Å²) in [6.07, 6.45) is 8.40. The third-order valence-corrected chi connectivity index (χ3v) is 27.2. The molecule has 3 fully saturated rings. The lowest BCUT2D eigenvalue weighted by molar-refractivity contribution is 0.0597. The fraction of sp³-hybridized carbons (Fsp3) is 0.235. The number of anilines is 4. The first-order valence-corrected chi connectivity index (χ1v) is 48.1. The van der Waals surface area contributed by atoms with E-state index in [0.29, 0.717) is 112 Å². The Morgan fingerprint density at radius 2 is 0.585 bits per heavy atom. The first kappa shape index (κ1) is 103. The van der Waals surface area contributed by atoms with E-state index in [2.05, 4.69) is 16.0 Å². The summed E-state index contributed by atoms with van der Waals surface area (Å²) in [7, 11) is 11.5. The summed E-state index contributed by atoms with van der Waals surface area (Å²) in [5, 5.41) is 17.2. The Balaban J connectivity index is 0.000000140. The molecule has 3 aliphatic heterocycles. The molecule has 32 heteroatoms. The molecule has 3 aliphatic rings. The van der Waals surface area contributed by atoms with Gasteiger partial charge in [0, 0.05) is 111 Å². The number of carbonyl (C=O) groups is 4. The Kier molecular flexibility index (Phi) is 32.5. The van der Waals surface area contributed by atoms with Gasteiger partial charge in [-0.2, -0.15) is 0 Å². The minimum absolute atomic E-state index is 0.0142. The van der Waals surface area contributed by atoms with Crippen molar-refractivity contribution in [3.05, 3.63) is 376 Å². The van der Waals surface area contributed by atoms with Crippen LogP contribution in [0.5, 0.6) is 23.0 Å². The number of amides is 3. The van der Waals surface area contributed by atoms with Crippen LogP contribution in [0.1, 0.15) is 82.9 Å². The molecule has 7 heterocycles. The molecule has 0 bridgehead atoms. The van der Waals surface area contributed by atoms with Crippen LogP contribution in [0.15, 0.2) is 287 Å². The van der Waals surface area contributed by atoms with Crippen LogP contribution in [0.25, 0.3) is 88.1 Å². The summed E-state index contributed by atoms with van der Waals surface area (Å²) in [6, 6.07) is 76.9. The third-order valence-electron chi connectivity index (χ3n) is 27.2. The number of nitrogens with two attached hydrogens (primary N) is 3. The summed E-state index contributed by atoms with van der Waals surface area (Å²) >= 11 is 0. The molecule has 0 unspecified atom stereocenters. The van der Waals surface area contributed by atoms with Gasteiger partial charge < -0.3 is 89.8 Å². The maximum absolute atomic E-state index is 15.6. The summed E-state index contributed by atoms with van der Waals surface area (Å²) < 4.78 is 96.1. The average molecular weight is 1990 g/mol. The number of hydrogen-bond acceptors (Lipinski definition) is 21. The zero-order chi connectivity index (χ0) is 104. The molecule has 3 atom stereocenters. The molecule has 0 radical (unpaired) electrons. The number of methoxy groups -OCH3 is 5. The van der Waals surface area contributed by atoms with E-state index in [0.717, 1.165) is 98.2 Å². The standard InChI is InChI=1S/C30H31FN4O3.C30H30FN3O4.C29H29FN4O4.C26H24FN3O3/c1-33-30(37)24-18-35(16-19-8-10-22(11-9-19)21-6-4-3-5-7-21)26-23(28(24)36)14-25(31)27(29(26)38-2)34-13-12-20(15-32)17-34;1-37-29-26-23(14-25(31)27(29)33-13-12-20(15-32)17-33)28(35)24(30(36)38-2)18-34(26)16-19-8-10-22(11-9-19)21-6-4-3-5-7-21;1-38-28-25-22(13-24(30)26(28)33-12-11-19(14-31)16-33)27(35)23(29(36)32-37)17-34(25)15-18-7-9-21(10-8-18)20-5-3-2-4-6-20;1-28-22-21(27)13-19-23(25(22)33-3)30(15-20(24(19)31)26(32)29-2)14-16-9-11-18(12-10-16)17-7-5-4-6-8-17/h3-11,14,18,20H,12-13,15-17,32H2,1-2H3,(H,33,37);3-11,14,18,20H,12-13,15-17,32H2,1-2H3;2-10,13,17,19,37H,11-12,14-16,31H2,1H3,(H,32,36);4-13,15,28H,14H2,1-3H3,(H,29,32)/t2*20-;19-;/m000./s1. The number of nitrogens with zero attached hydrogens (tertiary/aromatic N) is 7. The molecule has 28 nitrogen and oxygen atoms in total. The van der Waals surface area contributed by atoms with Crippen LogP contribution in [0.4, 0.5) is 40.3 Å². The van der Waals surface area contributed by atoms with Crippen LogP contribution >= 0.6 is 0 Å². The highest BCUT2D eigenvalue weighted by molar-refractivity contribution is 6.03. The first-order valence-electron chi connectivity index (χ1n) is 48.1. The summed E-state index contributed by atoms with van der Waals surface area (Å²) in [5.74, 6) is -3.51. The molecule has 11 N–H and O–H groups in total. The van der Waals surface area contributed by atoms with Gasteiger partial charge in [0.1, 0.15) is 45.0 Å². The number of halogens is 4. The van der Waals surface area contributed by atoms with Crippen molar-refractivity contribution in [1.82, 2.24) is 34.4 Å². The van der Waals surface area contributed by atoms with Crippen molar-refractivity contribution in [1.29, 1.82) is 0 Å². The third kappa shape index (κ3) is 21.8. The van der Waals surface area contributed by atoms with Gasteiger partial charge in [0.05, 0.1) is 79.2 Å². The van der Waals surface area contributed by atoms with E-state index < -0.39 is 68.7 Å². The van der Waals surface area contributed by atoms with E-state index in [1.165, 1.54) is 92.0 Å². The molecule has 12 aromatic carbocycles. The zero-order valence-electron chi connectivity index (χ0n) is 82.6. The van der Waals surface area contributed by atoms with Gasteiger partial charge in [-0.05, 0) is 148 Å². The lowest BCUT2D eigenvalue weighted by atomic mass is 10.0. The van der Waals surface area contributed by atoms with E-state index in [9.17, 15) is 48.0 Å². The number of aromatic nitrogens is 4. The van der Waals surface area contributed by atoms with Crippen molar-refractivity contribution < 1.29 is 65.6 Å². The largest absolute Gasteiger partial charge is 0.492 e. The molecule has 0 aliphatic carbocycles. The number of carbonyl (C=O) groups excluding carboxylic acids is 4. The van der Waals surface area contributed by atoms with Gasteiger partial charge in [0.2, 0.25) is 21.7 Å². The number of benzene rings is 12. The molecular formula is C115H114F4N14O14. The normalized spacial score (nSPS) is 14.2. The number of fused-ring (bicyclic) bond motifs is 4. The van der Waals surface area contributed by atoms with Gasteiger partial charge in [0.15, 0.2) is 46.3 Å². The second-order valence-corrected chi connectivity index (χ2v) is 36.2. The number of esters is 1. The predicted octanol–water partition coefficient (Wildman–Crippen LogP) is 16.5. The molecule has 0 saturated carbocycles. The van der Waals surface area contributed by atoms with E-state index >= 15 is 13.2 Å². The Bertz CT molecular complexity index is 7270. The monoisotopic (exact) mass is 1990 g/mol. The minimum Gasteiger partial charge on any atom is -0.492 e.